The van der Waals surface area contributed by atoms with Gasteiger partial charge in [-0.1, -0.05) is 48.9 Å². The van der Waals surface area contributed by atoms with Crippen molar-refractivity contribution in [2.75, 3.05) is 59.5 Å². The molecule has 1 aliphatic heterocycles. The Kier molecular flexibility index (Phi) is 19.0. The third-order valence-corrected chi connectivity index (χ3v) is 7.32. The largest absolute Gasteiger partial charge is 0.416 e. The quantitative estimate of drug-likeness (QED) is 0.210. The molecule has 6 nitrogen and oxygen atoms in total. The second-order valence-corrected chi connectivity index (χ2v) is 11.1. The molecular weight excluding hydrogens is 600 g/mol. The monoisotopic (exact) mass is 649 g/mol. The van der Waals surface area contributed by atoms with Crippen LogP contribution in [-0.2, 0) is 17.1 Å². The molecule has 1 fully saturated rings. The molecule has 1 aromatic carbocycles. The highest BCUT2D eigenvalue weighted by atomic mass is 19.4. The second-order valence-electron chi connectivity index (χ2n) is 11.1. The number of alkyl halides is 6. The first-order chi connectivity index (χ1) is 21.2. The van der Waals surface area contributed by atoms with E-state index in [4.69, 9.17) is 5.11 Å². The molecule has 0 saturated carbocycles. The van der Waals surface area contributed by atoms with Crippen LogP contribution in [0, 0.1) is 0 Å². The molecule has 0 atom stereocenters. The maximum absolute atomic E-state index is 12.1. The predicted octanol–water partition coefficient (Wildman–Crippen LogP) is 6.56. The van der Waals surface area contributed by atoms with Crippen molar-refractivity contribution < 1.29 is 41.4 Å². The SMILES string of the molecule is CC1=CC=CCC=C1.CCCN(C)C(=O)CN1CCC(N(CCO)CCCCO)CC1.FC(F)(F)c1cccc(C(F)(F)F)c1. The van der Waals surface area contributed by atoms with Crippen LogP contribution in [0.4, 0.5) is 26.3 Å². The summed E-state index contributed by atoms with van der Waals surface area (Å²) in [4.78, 5) is 18.5. The lowest BCUT2D eigenvalue weighted by Crippen LogP contribution is -2.48. The minimum Gasteiger partial charge on any atom is -0.396 e. The summed E-state index contributed by atoms with van der Waals surface area (Å²) in [6.45, 7) is 9.47. The molecule has 12 heteroatoms. The minimum atomic E-state index is -4.75. The summed E-state index contributed by atoms with van der Waals surface area (Å²) >= 11 is 0. The fraction of sp³-hybridized carbons (Fsp3) is 0.606. The Balaban J connectivity index is 0.000000385. The van der Waals surface area contributed by atoms with Gasteiger partial charge in [0.2, 0.25) is 5.91 Å². The molecule has 1 heterocycles. The van der Waals surface area contributed by atoms with E-state index >= 15 is 0 Å². The molecule has 0 bridgehead atoms. The number of hydrogen-bond acceptors (Lipinski definition) is 5. The average Bonchev–Trinajstić information content (AvgIpc) is 3.24. The van der Waals surface area contributed by atoms with Crippen LogP contribution in [0.1, 0.15) is 63.5 Å². The normalized spacial score (nSPS) is 15.9. The summed E-state index contributed by atoms with van der Waals surface area (Å²) in [5.74, 6) is 0.209. The number of halogens is 6. The predicted molar refractivity (Wildman–Crippen MR) is 165 cm³/mol. The summed E-state index contributed by atoms with van der Waals surface area (Å²) in [5.41, 5.74) is -1.27. The summed E-state index contributed by atoms with van der Waals surface area (Å²) in [5, 5.41) is 18.2. The van der Waals surface area contributed by atoms with Crippen LogP contribution in [0.5, 0.6) is 0 Å². The molecule has 2 aliphatic rings. The van der Waals surface area contributed by atoms with Gasteiger partial charge < -0.3 is 15.1 Å². The molecular formula is C33H49F6N3O3. The van der Waals surface area contributed by atoms with E-state index in [0.29, 0.717) is 31.3 Å². The van der Waals surface area contributed by atoms with Crippen LogP contribution in [0.25, 0.3) is 0 Å². The Morgan fingerprint density at radius 2 is 1.56 bits per heavy atom. The van der Waals surface area contributed by atoms with Gasteiger partial charge in [-0.3, -0.25) is 14.6 Å². The molecule has 0 spiro atoms. The lowest BCUT2D eigenvalue weighted by molar-refractivity contribution is -0.143. The molecule has 3 rings (SSSR count). The van der Waals surface area contributed by atoms with Crippen molar-refractivity contribution in [1.82, 2.24) is 14.7 Å². The lowest BCUT2D eigenvalue weighted by atomic mass is 10.0. The number of benzene rings is 1. The van der Waals surface area contributed by atoms with Gasteiger partial charge in [-0.15, -0.1) is 0 Å². The number of amides is 1. The van der Waals surface area contributed by atoms with Gasteiger partial charge in [-0.05, 0) is 70.2 Å². The third kappa shape index (κ3) is 17.0. The zero-order chi connectivity index (χ0) is 33.9. The number of likely N-dealkylation sites (N-methyl/N-ethyl adjacent to an activating group) is 1. The van der Waals surface area contributed by atoms with Crippen molar-refractivity contribution in [2.24, 2.45) is 0 Å². The molecule has 0 aromatic heterocycles. The number of piperidine rings is 1. The maximum atomic E-state index is 12.1. The van der Waals surface area contributed by atoms with E-state index in [1.165, 1.54) is 5.57 Å². The molecule has 2 N–H and O–H groups in total. The van der Waals surface area contributed by atoms with Crippen molar-refractivity contribution in [3.05, 3.63) is 71.3 Å². The van der Waals surface area contributed by atoms with Crippen LogP contribution in [0.3, 0.4) is 0 Å². The molecule has 1 saturated heterocycles. The Bertz CT molecular complexity index is 1040. The van der Waals surface area contributed by atoms with Crippen LogP contribution in [-0.4, -0.2) is 96.4 Å². The number of nitrogens with zero attached hydrogens (tertiary/aromatic N) is 3. The number of allylic oxidation sites excluding steroid dienone is 6. The third-order valence-electron chi connectivity index (χ3n) is 7.32. The van der Waals surface area contributed by atoms with Gasteiger partial charge in [0.05, 0.1) is 24.3 Å². The number of likely N-dealkylation sites (tertiary alicyclic amines) is 1. The number of carbonyl (C=O) groups is 1. The highest BCUT2D eigenvalue weighted by Crippen LogP contribution is 2.34. The molecule has 256 valence electrons. The van der Waals surface area contributed by atoms with Crippen molar-refractivity contribution in [1.29, 1.82) is 0 Å². The van der Waals surface area contributed by atoms with Crippen LogP contribution in [0.2, 0.25) is 0 Å². The van der Waals surface area contributed by atoms with Gasteiger partial charge in [0.25, 0.3) is 0 Å². The molecule has 0 unspecified atom stereocenters. The standard InChI is InChI=1S/C17H35N3O3.C8H4F6.C8H10/c1-3-8-18(2)17(23)15-19-10-6-16(7-11-19)20(12-14-22)9-4-5-13-21;9-7(10,11)5-2-1-3-6(4-5)8(12,13)14;1-8-6-4-2-3-5-7-8/h16,21-22H,3-15H2,1-2H3;1-4H;2,4-7H,3H2,1H3. The van der Waals surface area contributed by atoms with Gasteiger partial charge >= 0.3 is 12.4 Å². The van der Waals surface area contributed by atoms with Crippen molar-refractivity contribution in [3.63, 3.8) is 0 Å². The Hall–Kier alpha value is -2.67. The molecule has 1 aliphatic carbocycles. The van der Waals surface area contributed by atoms with Crippen molar-refractivity contribution >= 4 is 5.91 Å². The van der Waals surface area contributed by atoms with E-state index in [1.807, 2.05) is 11.9 Å². The summed E-state index contributed by atoms with van der Waals surface area (Å²) < 4.78 is 71.9. The molecule has 1 aromatic rings. The van der Waals surface area contributed by atoms with E-state index in [0.717, 1.165) is 70.8 Å². The molecule has 1 amide bonds. The van der Waals surface area contributed by atoms with E-state index in [1.54, 1.807) is 0 Å². The first-order valence-corrected chi connectivity index (χ1v) is 15.4. The first kappa shape index (κ1) is 40.4. The Labute approximate surface area is 263 Å². The summed E-state index contributed by atoms with van der Waals surface area (Å²) in [6, 6.07) is 2.48. The van der Waals surface area contributed by atoms with Crippen molar-refractivity contribution in [3.8, 4) is 0 Å². The van der Waals surface area contributed by atoms with Crippen LogP contribution < -0.4 is 0 Å². The van der Waals surface area contributed by atoms with Gasteiger partial charge in [-0.2, -0.15) is 26.3 Å². The average molecular weight is 650 g/mol. The van der Waals surface area contributed by atoms with Gasteiger partial charge in [0, 0.05) is 45.9 Å². The first-order valence-electron chi connectivity index (χ1n) is 15.4. The summed E-state index contributed by atoms with van der Waals surface area (Å²) in [7, 11) is 1.88. The maximum Gasteiger partial charge on any atom is 0.416 e. The summed E-state index contributed by atoms with van der Waals surface area (Å²) in [6.07, 6.45) is 7.11. The van der Waals surface area contributed by atoms with E-state index < -0.39 is 23.5 Å². The highest BCUT2D eigenvalue weighted by molar-refractivity contribution is 5.77. The minimum absolute atomic E-state index is 0.0833. The van der Waals surface area contributed by atoms with Crippen LogP contribution in [0.15, 0.2) is 60.2 Å². The van der Waals surface area contributed by atoms with Crippen LogP contribution >= 0.6 is 0 Å². The smallest absolute Gasteiger partial charge is 0.396 e. The van der Waals surface area contributed by atoms with E-state index in [9.17, 15) is 36.2 Å². The number of rotatable bonds is 11. The number of aliphatic hydroxyl groups is 2. The number of hydrogen-bond donors (Lipinski definition) is 2. The second kappa shape index (κ2) is 21.2. The zero-order valence-electron chi connectivity index (χ0n) is 26.6. The topological polar surface area (TPSA) is 67.3 Å². The Morgan fingerprint density at radius 1 is 0.933 bits per heavy atom. The number of unbranched alkanes of at least 4 members (excludes halogenated alkanes) is 1. The highest BCUT2D eigenvalue weighted by Gasteiger charge is 2.35. The zero-order valence-corrected chi connectivity index (χ0v) is 26.6. The Morgan fingerprint density at radius 3 is 2.09 bits per heavy atom. The number of carbonyl (C=O) groups excluding carboxylic acids is 1. The molecule has 0 radical (unpaired) electrons. The van der Waals surface area contributed by atoms with E-state index in [-0.39, 0.29) is 25.2 Å². The number of aliphatic hydroxyl groups excluding tert-OH is 2. The fourth-order valence-electron chi connectivity index (χ4n) is 4.81. The van der Waals surface area contributed by atoms with Crippen molar-refractivity contribution in [2.45, 2.75) is 70.8 Å². The van der Waals surface area contributed by atoms with Gasteiger partial charge in [0.15, 0.2) is 0 Å². The van der Waals surface area contributed by atoms with E-state index in [2.05, 4.69) is 54.0 Å². The fourth-order valence-corrected chi connectivity index (χ4v) is 4.81. The lowest BCUT2D eigenvalue weighted by Gasteiger charge is -2.38. The molecule has 45 heavy (non-hydrogen) atoms. The van der Waals surface area contributed by atoms with Gasteiger partial charge in [0.1, 0.15) is 0 Å². The van der Waals surface area contributed by atoms with Gasteiger partial charge in [-0.25, -0.2) is 0 Å².